The molecule has 182 valence electrons. The van der Waals surface area contributed by atoms with Crippen molar-refractivity contribution in [2.75, 3.05) is 0 Å². The first-order valence-corrected chi connectivity index (χ1v) is 13.6. The molecule has 1 aliphatic rings. The largest absolute Gasteiger partial charge is 0.313 e. The zero-order valence-corrected chi connectivity index (χ0v) is 22.3. The summed E-state index contributed by atoms with van der Waals surface area (Å²) >= 11 is 3.54. The van der Waals surface area contributed by atoms with Crippen molar-refractivity contribution in [1.29, 1.82) is 0 Å². The zero-order chi connectivity index (χ0) is 25.5. The molecule has 0 aliphatic heterocycles. The fraction of sp³-hybridized carbons (Fsp3) is 0.0588. The van der Waals surface area contributed by atoms with Crippen molar-refractivity contribution in [2.45, 2.75) is 12.8 Å². The van der Waals surface area contributed by atoms with Crippen molar-refractivity contribution in [3.63, 3.8) is 0 Å². The predicted octanol–water partition coefficient (Wildman–Crippen LogP) is 9.14. The van der Waals surface area contributed by atoms with Crippen molar-refractivity contribution in [3.05, 3.63) is 131 Å². The number of nitrogens with zero attached hydrogens (tertiary/aromatic N) is 3. The summed E-state index contributed by atoms with van der Waals surface area (Å²) in [5.74, 6) is 0.724. The minimum atomic E-state index is 0.724. The van der Waals surface area contributed by atoms with E-state index >= 15 is 0 Å². The molecule has 0 unspecified atom stereocenters. The molecule has 0 saturated carbocycles. The number of para-hydroxylation sites is 1. The van der Waals surface area contributed by atoms with Crippen LogP contribution in [-0.2, 0) is 6.42 Å². The van der Waals surface area contributed by atoms with E-state index in [1.54, 1.807) is 0 Å². The fourth-order valence-corrected chi connectivity index (χ4v) is 5.59. The second-order valence-electron chi connectivity index (χ2n) is 9.54. The first kappa shape index (κ1) is 22.9. The smallest absolute Gasteiger partial charge is 0.160 e. The van der Waals surface area contributed by atoms with Crippen molar-refractivity contribution in [1.82, 2.24) is 14.5 Å². The van der Waals surface area contributed by atoms with Crippen LogP contribution in [0.15, 0.2) is 120 Å². The molecule has 0 spiro atoms. The van der Waals surface area contributed by atoms with E-state index < -0.39 is 0 Å². The highest BCUT2D eigenvalue weighted by Crippen LogP contribution is 2.35. The monoisotopic (exact) mass is 553 g/mol. The van der Waals surface area contributed by atoms with Gasteiger partial charge in [0.15, 0.2) is 5.82 Å². The quantitative estimate of drug-likeness (QED) is 0.218. The third-order valence-corrected chi connectivity index (χ3v) is 7.70. The molecule has 3 nitrogen and oxygen atoms in total. The van der Waals surface area contributed by atoms with E-state index in [1.807, 2.05) is 30.3 Å². The molecular formula is C34H24BrN3. The Morgan fingerprint density at radius 2 is 1.32 bits per heavy atom. The summed E-state index contributed by atoms with van der Waals surface area (Å²) in [6.45, 7) is 0. The normalized spacial score (nSPS) is 12.6. The number of benzene rings is 4. The highest BCUT2D eigenvalue weighted by molar-refractivity contribution is 9.10. The molecule has 0 atom stereocenters. The lowest BCUT2D eigenvalue weighted by Crippen LogP contribution is -2.03. The highest BCUT2D eigenvalue weighted by Gasteiger charge is 2.18. The van der Waals surface area contributed by atoms with Gasteiger partial charge < -0.3 is 4.57 Å². The van der Waals surface area contributed by atoms with E-state index in [0.29, 0.717) is 0 Å². The second kappa shape index (κ2) is 9.55. The summed E-state index contributed by atoms with van der Waals surface area (Å²) in [6.07, 6.45) is 6.68. The summed E-state index contributed by atoms with van der Waals surface area (Å²) in [7, 11) is 0. The lowest BCUT2D eigenvalue weighted by molar-refractivity contribution is 0.888. The third-order valence-electron chi connectivity index (χ3n) is 7.17. The lowest BCUT2D eigenvalue weighted by Gasteiger charge is -2.14. The van der Waals surface area contributed by atoms with Gasteiger partial charge in [-0.15, -0.1) is 0 Å². The van der Waals surface area contributed by atoms with Gasteiger partial charge in [0.2, 0.25) is 0 Å². The Kier molecular flexibility index (Phi) is 5.75. The number of fused-ring (bicyclic) bond motifs is 3. The predicted molar refractivity (Wildman–Crippen MR) is 160 cm³/mol. The first-order chi connectivity index (χ1) is 18.7. The van der Waals surface area contributed by atoms with Gasteiger partial charge in [-0.25, -0.2) is 9.97 Å². The van der Waals surface area contributed by atoms with E-state index in [9.17, 15) is 0 Å². The molecule has 38 heavy (non-hydrogen) atoms. The molecule has 0 amide bonds. The summed E-state index contributed by atoms with van der Waals surface area (Å²) in [5.41, 5.74) is 10.1. The van der Waals surface area contributed by atoms with Crippen LogP contribution in [0.25, 0.3) is 56.6 Å². The SMILES string of the molecule is Brc1ccc(-c2cc(-c3ccc(-n4c5c(c6ccccc64)C=CCC5)cc3)nc(-c3ccccc3)n2)cc1. The minimum Gasteiger partial charge on any atom is -0.313 e. The van der Waals surface area contributed by atoms with Gasteiger partial charge in [-0.1, -0.05) is 101 Å². The maximum atomic E-state index is 4.99. The molecule has 6 aromatic rings. The molecule has 1 aliphatic carbocycles. The number of hydrogen-bond acceptors (Lipinski definition) is 2. The molecule has 2 heterocycles. The van der Waals surface area contributed by atoms with Crippen LogP contribution in [0.1, 0.15) is 17.7 Å². The summed E-state index contributed by atoms with van der Waals surface area (Å²) in [5, 5.41) is 1.31. The standard InChI is InChI=1S/C34H24BrN3/c35-26-18-14-23(15-19-26)30-22-31(37-34(36-30)25-8-2-1-3-9-25)24-16-20-27(21-17-24)38-32-12-6-4-10-28(32)29-11-5-7-13-33(29)38/h1-6,8-12,14-22H,7,13H2. The van der Waals surface area contributed by atoms with Crippen LogP contribution in [0.3, 0.4) is 0 Å². The first-order valence-electron chi connectivity index (χ1n) is 12.8. The van der Waals surface area contributed by atoms with Crippen molar-refractivity contribution in [3.8, 4) is 39.6 Å². The van der Waals surface area contributed by atoms with Gasteiger partial charge in [-0.05, 0) is 49.2 Å². The van der Waals surface area contributed by atoms with E-state index in [2.05, 4.69) is 112 Å². The second-order valence-corrected chi connectivity index (χ2v) is 10.5. The van der Waals surface area contributed by atoms with Crippen molar-refractivity contribution in [2.24, 2.45) is 0 Å². The van der Waals surface area contributed by atoms with E-state index in [-0.39, 0.29) is 0 Å². The Morgan fingerprint density at radius 3 is 2.05 bits per heavy atom. The van der Waals surface area contributed by atoms with E-state index in [1.165, 1.54) is 27.8 Å². The van der Waals surface area contributed by atoms with Crippen molar-refractivity contribution < 1.29 is 0 Å². The lowest BCUT2D eigenvalue weighted by atomic mass is 10.0. The number of rotatable bonds is 4. The Balaban J connectivity index is 1.34. The van der Waals surface area contributed by atoms with Crippen LogP contribution in [0, 0.1) is 0 Å². The minimum absolute atomic E-state index is 0.724. The topological polar surface area (TPSA) is 30.7 Å². The third kappa shape index (κ3) is 4.07. The summed E-state index contributed by atoms with van der Waals surface area (Å²) in [4.78, 5) is 9.93. The number of hydrogen-bond donors (Lipinski definition) is 0. The maximum Gasteiger partial charge on any atom is 0.160 e. The summed E-state index contributed by atoms with van der Waals surface area (Å²) in [6, 6.07) is 38.0. The van der Waals surface area contributed by atoms with Crippen LogP contribution in [0.5, 0.6) is 0 Å². The summed E-state index contributed by atoms with van der Waals surface area (Å²) < 4.78 is 3.46. The van der Waals surface area contributed by atoms with Gasteiger partial charge in [0.1, 0.15) is 0 Å². The van der Waals surface area contributed by atoms with Crippen LogP contribution in [0.4, 0.5) is 0 Å². The molecule has 2 aromatic heterocycles. The Hall–Kier alpha value is -4.28. The van der Waals surface area contributed by atoms with E-state index in [0.717, 1.165) is 51.2 Å². The van der Waals surface area contributed by atoms with Crippen molar-refractivity contribution >= 4 is 32.9 Å². The van der Waals surface area contributed by atoms with Gasteiger partial charge in [0, 0.05) is 43.5 Å². The maximum absolute atomic E-state index is 4.99. The van der Waals surface area contributed by atoms with Crippen LogP contribution in [0.2, 0.25) is 0 Å². The number of allylic oxidation sites excluding steroid dienone is 1. The molecule has 0 saturated heterocycles. The van der Waals surface area contributed by atoms with Crippen LogP contribution >= 0.6 is 15.9 Å². The Morgan fingerprint density at radius 1 is 0.658 bits per heavy atom. The zero-order valence-electron chi connectivity index (χ0n) is 20.7. The molecule has 7 rings (SSSR count). The fourth-order valence-electron chi connectivity index (χ4n) is 5.33. The highest BCUT2D eigenvalue weighted by atomic mass is 79.9. The number of halogens is 1. The van der Waals surface area contributed by atoms with Gasteiger partial charge in [-0.3, -0.25) is 0 Å². The molecular weight excluding hydrogens is 530 g/mol. The van der Waals surface area contributed by atoms with Crippen LogP contribution in [-0.4, -0.2) is 14.5 Å². The molecule has 4 heteroatoms. The number of aromatic nitrogens is 3. The van der Waals surface area contributed by atoms with Gasteiger partial charge in [0.25, 0.3) is 0 Å². The van der Waals surface area contributed by atoms with Gasteiger partial charge in [-0.2, -0.15) is 0 Å². The molecule has 0 fully saturated rings. The molecule has 0 radical (unpaired) electrons. The molecule has 4 aromatic carbocycles. The Bertz CT molecular complexity index is 1800. The average molecular weight is 554 g/mol. The van der Waals surface area contributed by atoms with E-state index in [4.69, 9.17) is 9.97 Å². The van der Waals surface area contributed by atoms with Gasteiger partial charge in [0.05, 0.1) is 16.9 Å². The Labute approximate surface area is 230 Å². The molecule has 0 N–H and O–H groups in total. The molecule has 0 bridgehead atoms. The van der Waals surface area contributed by atoms with Crippen LogP contribution < -0.4 is 0 Å². The van der Waals surface area contributed by atoms with Gasteiger partial charge >= 0.3 is 0 Å². The average Bonchev–Trinajstić information content (AvgIpc) is 3.32.